The highest BCUT2D eigenvalue weighted by molar-refractivity contribution is 8.04. The number of alkyl halides is 1. The summed E-state index contributed by atoms with van der Waals surface area (Å²) >= 11 is 9.06. The van der Waals surface area contributed by atoms with Crippen LogP contribution in [-0.2, 0) is 9.53 Å². The zero-order chi connectivity index (χ0) is 10.4. The Morgan fingerprint density at radius 3 is 3.07 bits per heavy atom. The standard InChI is InChI=1S/C9H15ClO2S2/c1-9(12-8(11)3-4-10)7-13-5-2-6-14-9/h2-7H2,1H3. The lowest BCUT2D eigenvalue weighted by Crippen LogP contribution is -2.30. The number of hydrogen-bond donors (Lipinski definition) is 0. The SMILES string of the molecule is CC1(OC(=O)CCCl)CSCCCS1. The van der Waals surface area contributed by atoms with E-state index in [2.05, 4.69) is 0 Å². The van der Waals surface area contributed by atoms with E-state index in [1.165, 1.54) is 6.42 Å². The van der Waals surface area contributed by atoms with E-state index < -0.39 is 0 Å². The Bertz CT molecular complexity index is 191. The molecule has 0 aromatic heterocycles. The van der Waals surface area contributed by atoms with E-state index in [1.807, 2.05) is 18.7 Å². The van der Waals surface area contributed by atoms with Crippen LogP contribution >= 0.6 is 35.1 Å². The number of rotatable bonds is 3. The van der Waals surface area contributed by atoms with Crippen LogP contribution in [0.15, 0.2) is 0 Å². The van der Waals surface area contributed by atoms with Gasteiger partial charge in [-0.05, 0) is 24.9 Å². The molecule has 1 heterocycles. The summed E-state index contributed by atoms with van der Waals surface area (Å²) in [6.45, 7) is 1.99. The zero-order valence-electron chi connectivity index (χ0n) is 8.25. The molecule has 0 saturated carbocycles. The molecular formula is C9H15ClO2S2. The molecule has 5 heteroatoms. The lowest BCUT2D eigenvalue weighted by Gasteiger charge is -2.26. The molecule has 2 nitrogen and oxygen atoms in total. The molecule has 1 aliphatic rings. The van der Waals surface area contributed by atoms with Crippen molar-refractivity contribution in [3.8, 4) is 0 Å². The fourth-order valence-corrected chi connectivity index (χ4v) is 3.89. The van der Waals surface area contributed by atoms with E-state index in [0.29, 0.717) is 12.3 Å². The second kappa shape index (κ2) is 6.13. The van der Waals surface area contributed by atoms with Crippen LogP contribution in [0.5, 0.6) is 0 Å². The van der Waals surface area contributed by atoms with Gasteiger partial charge in [-0.15, -0.1) is 23.4 Å². The smallest absolute Gasteiger partial charge is 0.308 e. The van der Waals surface area contributed by atoms with Crippen LogP contribution in [0.1, 0.15) is 19.8 Å². The molecule has 0 N–H and O–H groups in total. The molecule has 82 valence electrons. The molecule has 14 heavy (non-hydrogen) atoms. The first kappa shape index (κ1) is 12.5. The van der Waals surface area contributed by atoms with Crippen LogP contribution in [0.4, 0.5) is 0 Å². The Morgan fingerprint density at radius 2 is 2.36 bits per heavy atom. The van der Waals surface area contributed by atoms with Crippen LogP contribution in [0.3, 0.4) is 0 Å². The fourth-order valence-electron chi connectivity index (χ4n) is 1.18. The van der Waals surface area contributed by atoms with Crippen LogP contribution in [0.2, 0.25) is 0 Å². The molecule has 0 amide bonds. The second-order valence-corrected chi connectivity index (χ2v) is 6.35. The third-order valence-corrected chi connectivity index (χ3v) is 4.87. The molecule has 1 rings (SSSR count). The third-order valence-electron chi connectivity index (χ3n) is 1.83. The summed E-state index contributed by atoms with van der Waals surface area (Å²) in [5.74, 6) is 3.27. The Hall–Kier alpha value is 0.460. The third kappa shape index (κ3) is 4.32. The predicted octanol–water partition coefficient (Wildman–Crippen LogP) is 2.74. The number of halogens is 1. The van der Waals surface area contributed by atoms with Gasteiger partial charge in [0.15, 0.2) is 4.93 Å². The van der Waals surface area contributed by atoms with Crippen LogP contribution in [0.25, 0.3) is 0 Å². The molecule has 0 aromatic rings. The summed E-state index contributed by atoms with van der Waals surface area (Å²) in [7, 11) is 0. The van der Waals surface area contributed by atoms with Crippen molar-refractivity contribution in [2.75, 3.05) is 23.1 Å². The van der Waals surface area contributed by atoms with Crippen LogP contribution < -0.4 is 0 Å². The van der Waals surface area contributed by atoms with E-state index in [1.54, 1.807) is 11.8 Å². The van der Waals surface area contributed by atoms with Gasteiger partial charge < -0.3 is 4.74 Å². The Labute approximate surface area is 98.5 Å². The summed E-state index contributed by atoms with van der Waals surface area (Å²) in [5.41, 5.74) is 0. The number of carbonyl (C=O) groups is 1. The molecule has 0 radical (unpaired) electrons. The fraction of sp³-hybridized carbons (Fsp3) is 0.889. The zero-order valence-corrected chi connectivity index (χ0v) is 10.6. The van der Waals surface area contributed by atoms with Crippen molar-refractivity contribution >= 4 is 41.1 Å². The van der Waals surface area contributed by atoms with E-state index in [4.69, 9.17) is 16.3 Å². The predicted molar refractivity (Wildman–Crippen MR) is 64.2 cm³/mol. The highest BCUT2D eigenvalue weighted by Gasteiger charge is 2.30. The molecule has 1 saturated heterocycles. The second-order valence-electron chi connectivity index (χ2n) is 3.30. The van der Waals surface area contributed by atoms with Crippen molar-refractivity contribution in [2.45, 2.75) is 24.7 Å². The summed E-state index contributed by atoms with van der Waals surface area (Å²) < 4.78 is 5.42. The highest BCUT2D eigenvalue weighted by Crippen LogP contribution is 2.34. The molecule has 1 aliphatic heterocycles. The average molecular weight is 255 g/mol. The van der Waals surface area contributed by atoms with Crippen molar-refractivity contribution in [1.82, 2.24) is 0 Å². The van der Waals surface area contributed by atoms with Gasteiger partial charge in [-0.25, -0.2) is 0 Å². The van der Waals surface area contributed by atoms with Crippen LogP contribution in [-0.4, -0.2) is 34.0 Å². The molecule has 0 aromatic carbocycles. The maximum atomic E-state index is 11.3. The first-order valence-electron chi connectivity index (χ1n) is 4.66. The van der Waals surface area contributed by atoms with Gasteiger partial charge in [0.25, 0.3) is 0 Å². The van der Waals surface area contributed by atoms with E-state index in [-0.39, 0.29) is 10.9 Å². The van der Waals surface area contributed by atoms with E-state index >= 15 is 0 Å². The molecule has 0 aliphatic carbocycles. The Balaban J connectivity index is 2.41. The van der Waals surface area contributed by atoms with Gasteiger partial charge in [0.05, 0.1) is 6.42 Å². The summed E-state index contributed by atoms with van der Waals surface area (Å²) in [5, 5.41) is 0. The number of carbonyl (C=O) groups excluding carboxylic acids is 1. The number of esters is 1. The Morgan fingerprint density at radius 1 is 1.57 bits per heavy atom. The highest BCUT2D eigenvalue weighted by atomic mass is 35.5. The number of ether oxygens (including phenoxy) is 1. The molecular weight excluding hydrogens is 240 g/mol. The van der Waals surface area contributed by atoms with Crippen molar-refractivity contribution < 1.29 is 9.53 Å². The first-order chi connectivity index (χ1) is 6.66. The minimum atomic E-state index is -0.343. The number of hydrogen-bond acceptors (Lipinski definition) is 4. The van der Waals surface area contributed by atoms with Crippen molar-refractivity contribution in [1.29, 1.82) is 0 Å². The van der Waals surface area contributed by atoms with E-state index in [9.17, 15) is 4.79 Å². The molecule has 1 fully saturated rings. The van der Waals surface area contributed by atoms with Gasteiger partial charge in [-0.1, -0.05) is 0 Å². The van der Waals surface area contributed by atoms with Gasteiger partial charge in [0.2, 0.25) is 0 Å². The monoisotopic (exact) mass is 254 g/mol. The van der Waals surface area contributed by atoms with Crippen LogP contribution in [0, 0.1) is 0 Å². The van der Waals surface area contributed by atoms with E-state index in [0.717, 1.165) is 17.3 Å². The van der Waals surface area contributed by atoms with Gasteiger partial charge in [0.1, 0.15) is 0 Å². The lowest BCUT2D eigenvalue weighted by molar-refractivity contribution is -0.148. The average Bonchev–Trinajstić information content (AvgIpc) is 2.30. The molecule has 1 atom stereocenters. The molecule has 0 bridgehead atoms. The normalized spacial score (nSPS) is 28.1. The largest absolute Gasteiger partial charge is 0.447 e. The van der Waals surface area contributed by atoms with Gasteiger partial charge in [-0.2, -0.15) is 11.8 Å². The molecule has 1 unspecified atom stereocenters. The maximum Gasteiger partial charge on any atom is 0.308 e. The minimum absolute atomic E-state index is 0.183. The van der Waals surface area contributed by atoms with Crippen molar-refractivity contribution in [3.05, 3.63) is 0 Å². The number of thioether (sulfide) groups is 2. The lowest BCUT2D eigenvalue weighted by atomic mass is 10.4. The minimum Gasteiger partial charge on any atom is -0.447 e. The van der Waals surface area contributed by atoms with Gasteiger partial charge in [-0.3, -0.25) is 4.79 Å². The maximum absolute atomic E-state index is 11.3. The quantitative estimate of drug-likeness (QED) is 0.572. The topological polar surface area (TPSA) is 26.3 Å². The summed E-state index contributed by atoms with van der Waals surface area (Å²) in [6, 6.07) is 0. The van der Waals surface area contributed by atoms with Gasteiger partial charge in [0, 0.05) is 11.6 Å². The van der Waals surface area contributed by atoms with Gasteiger partial charge >= 0.3 is 5.97 Å². The molecule has 0 spiro atoms. The Kier molecular flexibility index (Phi) is 5.49. The van der Waals surface area contributed by atoms with Crippen molar-refractivity contribution in [3.63, 3.8) is 0 Å². The summed E-state index contributed by atoms with van der Waals surface area (Å²) in [4.78, 5) is 11.0. The van der Waals surface area contributed by atoms with Crippen molar-refractivity contribution in [2.24, 2.45) is 0 Å². The first-order valence-corrected chi connectivity index (χ1v) is 7.33. The summed E-state index contributed by atoms with van der Waals surface area (Å²) in [6.07, 6.45) is 1.50.